The van der Waals surface area contributed by atoms with Gasteiger partial charge in [-0.15, -0.1) is 0 Å². The van der Waals surface area contributed by atoms with E-state index in [2.05, 4.69) is 72.4 Å². The fourth-order valence-corrected chi connectivity index (χ4v) is 3.17. The van der Waals surface area contributed by atoms with Crippen molar-refractivity contribution in [3.8, 4) is 0 Å². The summed E-state index contributed by atoms with van der Waals surface area (Å²) in [6.07, 6.45) is 3.01. The Labute approximate surface area is 127 Å². The minimum Gasteiger partial charge on any atom is -0.323 e. The van der Waals surface area contributed by atoms with E-state index >= 15 is 0 Å². The molecule has 3 nitrogen and oxygen atoms in total. The van der Waals surface area contributed by atoms with Gasteiger partial charge in [0.1, 0.15) is 5.82 Å². The SMILES string of the molecule is CCNC(C)c1ccnc(N2c3ccccc3CC2C)c1. The number of fused-ring (bicyclic) bond motifs is 1. The number of anilines is 2. The zero-order chi connectivity index (χ0) is 14.8. The van der Waals surface area contributed by atoms with Gasteiger partial charge in [-0.3, -0.25) is 0 Å². The predicted molar refractivity (Wildman–Crippen MR) is 88.1 cm³/mol. The molecular weight excluding hydrogens is 258 g/mol. The first-order valence-electron chi connectivity index (χ1n) is 7.77. The van der Waals surface area contributed by atoms with Crippen molar-refractivity contribution in [1.29, 1.82) is 0 Å². The highest BCUT2D eigenvalue weighted by Gasteiger charge is 2.27. The number of aromatic nitrogens is 1. The minimum atomic E-state index is 0.352. The van der Waals surface area contributed by atoms with Crippen molar-refractivity contribution in [1.82, 2.24) is 10.3 Å². The predicted octanol–water partition coefficient (Wildman–Crippen LogP) is 3.83. The fourth-order valence-electron chi connectivity index (χ4n) is 3.17. The van der Waals surface area contributed by atoms with Crippen LogP contribution in [-0.4, -0.2) is 17.6 Å². The van der Waals surface area contributed by atoms with Crippen molar-refractivity contribution in [2.45, 2.75) is 39.3 Å². The van der Waals surface area contributed by atoms with Crippen LogP contribution in [0.15, 0.2) is 42.6 Å². The molecule has 0 radical (unpaired) electrons. The van der Waals surface area contributed by atoms with Crippen molar-refractivity contribution in [2.75, 3.05) is 11.4 Å². The Kier molecular flexibility index (Phi) is 3.93. The molecule has 3 rings (SSSR count). The van der Waals surface area contributed by atoms with Crippen molar-refractivity contribution < 1.29 is 0 Å². The molecule has 2 atom stereocenters. The van der Waals surface area contributed by atoms with Crippen LogP contribution in [0.5, 0.6) is 0 Å². The van der Waals surface area contributed by atoms with Gasteiger partial charge in [-0.05, 0) is 56.1 Å². The van der Waals surface area contributed by atoms with Crippen molar-refractivity contribution in [3.63, 3.8) is 0 Å². The van der Waals surface area contributed by atoms with Gasteiger partial charge in [-0.25, -0.2) is 4.98 Å². The molecule has 3 heteroatoms. The summed E-state index contributed by atoms with van der Waals surface area (Å²) in [6.45, 7) is 7.57. The first-order chi connectivity index (χ1) is 10.2. The Bertz CT molecular complexity index is 623. The van der Waals surface area contributed by atoms with E-state index in [9.17, 15) is 0 Å². The van der Waals surface area contributed by atoms with Crippen LogP contribution in [0.4, 0.5) is 11.5 Å². The summed E-state index contributed by atoms with van der Waals surface area (Å²) in [4.78, 5) is 6.97. The van der Waals surface area contributed by atoms with Crippen LogP contribution < -0.4 is 10.2 Å². The number of pyridine rings is 1. The highest BCUT2D eigenvalue weighted by Crippen LogP contribution is 2.37. The maximum Gasteiger partial charge on any atom is 0.133 e. The molecule has 2 unspecified atom stereocenters. The van der Waals surface area contributed by atoms with Crippen LogP contribution in [0.2, 0.25) is 0 Å². The van der Waals surface area contributed by atoms with Gasteiger partial charge in [0.2, 0.25) is 0 Å². The number of para-hydroxylation sites is 1. The average Bonchev–Trinajstić information content (AvgIpc) is 2.83. The third-order valence-corrected chi connectivity index (χ3v) is 4.23. The Morgan fingerprint density at radius 1 is 1.33 bits per heavy atom. The first kappa shape index (κ1) is 14.1. The van der Waals surface area contributed by atoms with E-state index in [1.54, 1.807) is 0 Å². The van der Waals surface area contributed by atoms with Gasteiger partial charge in [0, 0.05) is 24.0 Å². The maximum atomic E-state index is 4.61. The van der Waals surface area contributed by atoms with Gasteiger partial charge >= 0.3 is 0 Å². The zero-order valence-corrected chi connectivity index (χ0v) is 13.0. The molecule has 0 spiro atoms. The molecule has 110 valence electrons. The van der Waals surface area contributed by atoms with Crippen molar-refractivity contribution in [3.05, 3.63) is 53.7 Å². The monoisotopic (exact) mass is 281 g/mol. The number of rotatable bonds is 4. The molecular formula is C18H23N3. The molecule has 0 bridgehead atoms. The number of nitrogens with zero attached hydrogens (tertiary/aromatic N) is 2. The second-order valence-electron chi connectivity index (χ2n) is 5.78. The van der Waals surface area contributed by atoms with Gasteiger partial charge in [-0.2, -0.15) is 0 Å². The topological polar surface area (TPSA) is 28.2 Å². The smallest absolute Gasteiger partial charge is 0.133 e. The Balaban J connectivity index is 1.96. The quantitative estimate of drug-likeness (QED) is 0.923. The Hall–Kier alpha value is -1.87. The van der Waals surface area contributed by atoms with Crippen LogP contribution in [-0.2, 0) is 6.42 Å². The summed E-state index contributed by atoms with van der Waals surface area (Å²) in [5.41, 5.74) is 4.00. The first-order valence-corrected chi connectivity index (χ1v) is 7.77. The zero-order valence-electron chi connectivity index (χ0n) is 13.0. The van der Waals surface area contributed by atoms with E-state index < -0.39 is 0 Å². The van der Waals surface area contributed by atoms with E-state index in [-0.39, 0.29) is 0 Å². The summed E-state index contributed by atoms with van der Waals surface area (Å²) in [7, 11) is 0. The molecule has 0 saturated carbocycles. The molecule has 21 heavy (non-hydrogen) atoms. The largest absolute Gasteiger partial charge is 0.323 e. The van der Waals surface area contributed by atoms with Gasteiger partial charge < -0.3 is 10.2 Å². The Morgan fingerprint density at radius 2 is 2.14 bits per heavy atom. The van der Waals surface area contributed by atoms with E-state index in [0.717, 1.165) is 18.8 Å². The van der Waals surface area contributed by atoms with Crippen molar-refractivity contribution in [2.24, 2.45) is 0 Å². The second kappa shape index (κ2) is 5.86. The molecule has 1 aromatic carbocycles. The van der Waals surface area contributed by atoms with E-state index in [1.165, 1.54) is 16.8 Å². The minimum absolute atomic E-state index is 0.352. The molecule has 2 aromatic rings. The number of nitrogens with one attached hydrogen (secondary N) is 1. The van der Waals surface area contributed by atoms with E-state index in [0.29, 0.717) is 12.1 Å². The van der Waals surface area contributed by atoms with Gasteiger partial charge in [-0.1, -0.05) is 25.1 Å². The summed E-state index contributed by atoms with van der Waals surface area (Å²) in [5.74, 6) is 1.05. The molecule has 1 aliphatic rings. The van der Waals surface area contributed by atoms with Gasteiger partial charge in [0.25, 0.3) is 0 Å². The summed E-state index contributed by atoms with van der Waals surface area (Å²) in [6, 6.07) is 13.8. The lowest BCUT2D eigenvalue weighted by Crippen LogP contribution is -2.25. The molecule has 1 aliphatic heterocycles. The standard InChI is InChI=1S/C18H23N3/c1-4-19-14(3)15-9-10-20-18(12-15)21-13(2)11-16-7-5-6-8-17(16)21/h5-10,12-14,19H,4,11H2,1-3H3. The van der Waals surface area contributed by atoms with Crippen LogP contribution in [0, 0.1) is 0 Å². The van der Waals surface area contributed by atoms with Crippen LogP contribution in [0.1, 0.15) is 37.9 Å². The summed E-state index contributed by atoms with van der Waals surface area (Å²) in [5, 5.41) is 3.46. The fraction of sp³-hybridized carbons (Fsp3) is 0.389. The van der Waals surface area contributed by atoms with E-state index in [1.807, 2.05) is 6.20 Å². The highest BCUT2D eigenvalue weighted by atomic mass is 15.2. The molecule has 0 aliphatic carbocycles. The Morgan fingerprint density at radius 3 is 2.95 bits per heavy atom. The molecule has 1 aromatic heterocycles. The lowest BCUT2D eigenvalue weighted by Gasteiger charge is -2.25. The lowest BCUT2D eigenvalue weighted by atomic mass is 10.1. The van der Waals surface area contributed by atoms with Gasteiger partial charge in [0.05, 0.1) is 0 Å². The number of hydrogen-bond donors (Lipinski definition) is 1. The molecule has 0 saturated heterocycles. The molecule has 0 fully saturated rings. The molecule has 0 amide bonds. The normalized spacial score (nSPS) is 18.6. The summed E-state index contributed by atoms with van der Waals surface area (Å²) < 4.78 is 0. The van der Waals surface area contributed by atoms with Crippen LogP contribution in [0.3, 0.4) is 0 Å². The third-order valence-electron chi connectivity index (χ3n) is 4.23. The maximum absolute atomic E-state index is 4.61. The van der Waals surface area contributed by atoms with E-state index in [4.69, 9.17) is 0 Å². The van der Waals surface area contributed by atoms with Gasteiger partial charge in [0.15, 0.2) is 0 Å². The number of hydrogen-bond acceptors (Lipinski definition) is 3. The van der Waals surface area contributed by atoms with Crippen LogP contribution >= 0.6 is 0 Å². The molecule has 1 N–H and O–H groups in total. The number of benzene rings is 1. The third kappa shape index (κ3) is 2.66. The van der Waals surface area contributed by atoms with Crippen molar-refractivity contribution >= 4 is 11.5 Å². The summed E-state index contributed by atoms with van der Waals surface area (Å²) >= 11 is 0. The van der Waals surface area contributed by atoms with Crippen LogP contribution in [0.25, 0.3) is 0 Å². The second-order valence-corrected chi connectivity index (χ2v) is 5.78. The lowest BCUT2D eigenvalue weighted by molar-refractivity contribution is 0.597. The molecule has 2 heterocycles. The average molecular weight is 281 g/mol. The highest BCUT2D eigenvalue weighted by molar-refractivity contribution is 5.69.